The van der Waals surface area contributed by atoms with Gasteiger partial charge in [0.2, 0.25) is 0 Å². The topological polar surface area (TPSA) is 60.0 Å². The van der Waals surface area contributed by atoms with Crippen LogP contribution in [-0.2, 0) is 6.42 Å². The van der Waals surface area contributed by atoms with E-state index in [1.165, 1.54) is 19.3 Å². The largest absolute Gasteiger partial charge is 0.350 e. The second-order valence-corrected chi connectivity index (χ2v) is 5.97. The number of nitrogens with zero attached hydrogens (tertiary/aromatic N) is 1. The quantitative estimate of drug-likeness (QED) is 0.830. The summed E-state index contributed by atoms with van der Waals surface area (Å²) in [7, 11) is 0. The summed E-state index contributed by atoms with van der Waals surface area (Å²) in [5.74, 6) is 6.79. The molecule has 1 saturated carbocycles. The van der Waals surface area contributed by atoms with Gasteiger partial charge in [-0.15, -0.1) is 0 Å². The first kappa shape index (κ1) is 14.0. The normalized spacial score (nSPS) is 15.1. The van der Waals surface area contributed by atoms with Gasteiger partial charge in [0.15, 0.2) is 0 Å². The molecule has 0 spiro atoms. The van der Waals surface area contributed by atoms with Crippen LogP contribution >= 0.6 is 0 Å². The first-order chi connectivity index (χ1) is 10.2. The molecule has 1 amide bonds. The minimum absolute atomic E-state index is 0.0379. The number of hydrogen-bond acceptors (Lipinski definition) is 2. The standard InChI is InChI=1S/C17H23N3O/c1-2-6-14-13-9-3-4-10-15(13)20(18)16(14)17(21)19-11-12-7-5-8-12/h3-4,9-10,12H,2,5-8,11,18H2,1H3,(H,19,21). The summed E-state index contributed by atoms with van der Waals surface area (Å²) < 4.78 is 1.55. The van der Waals surface area contributed by atoms with Crippen LogP contribution < -0.4 is 11.2 Å². The summed E-state index contributed by atoms with van der Waals surface area (Å²) >= 11 is 0. The number of benzene rings is 1. The molecule has 1 aliphatic carbocycles. The maximum atomic E-state index is 12.6. The van der Waals surface area contributed by atoms with Gasteiger partial charge in [0, 0.05) is 11.9 Å². The molecule has 112 valence electrons. The smallest absolute Gasteiger partial charge is 0.270 e. The van der Waals surface area contributed by atoms with Gasteiger partial charge in [-0.2, -0.15) is 0 Å². The fourth-order valence-electron chi connectivity index (χ4n) is 3.10. The lowest BCUT2D eigenvalue weighted by atomic mass is 9.85. The molecule has 21 heavy (non-hydrogen) atoms. The summed E-state index contributed by atoms with van der Waals surface area (Å²) in [6, 6.07) is 7.97. The van der Waals surface area contributed by atoms with Gasteiger partial charge in [0.25, 0.3) is 5.91 Å². The van der Waals surface area contributed by atoms with Gasteiger partial charge in [-0.1, -0.05) is 38.0 Å². The maximum absolute atomic E-state index is 12.6. The molecule has 1 aromatic heterocycles. The first-order valence-corrected chi connectivity index (χ1v) is 7.88. The van der Waals surface area contributed by atoms with E-state index in [2.05, 4.69) is 12.2 Å². The van der Waals surface area contributed by atoms with Gasteiger partial charge < -0.3 is 11.2 Å². The van der Waals surface area contributed by atoms with E-state index in [-0.39, 0.29) is 5.91 Å². The van der Waals surface area contributed by atoms with Gasteiger partial charge in [0.1, 0.15) is 5.69 Å². The minimum atomic E-state index is -0.0379. The van der Waals surface area contributed by atoms with Crippen molar-refractivity contribution in [2.45, 2.75) is 39.0 Å². The van der Waals surface area contributed by atoms with Crippen LogP contribution in [0.15, 0.2) is 24.3 Å². The molecule has 0 bridgehead atoms. The third-order valence-corrected chi connectivity index (χ3v) is 4.51. The molecular weight excluding hydrogens is 262 g/mol. The summed E-state index contributed by atoms with van der Waals surface area (Å²) in [6.07, 6.45) is 5.62. The molecule has 1 heterocycles. The molecule has 1 fully saturated rings. The first-order valence-electron chi connectivity index (χ1n) is 7.88. The number of hydrogen-bond donors (Lipinski definition) is 2. The molecule has 2 aromatic rings. The van der Waals surface area contributed by atoms with E-state index < -0.39 is 0 Å². The zero-order valence-electron chi connectivity index (χ0n) is 12.6. The molecule has 1 aliphatic rings. The van der Waals surface area contributed by atoms with E-state index in [4.69, 9.17) is 5.84 Å². The van der Waals surface area contributed by atoms with Crippen molar-refractivity contribution in [1.29, 1.82) is 0 Å². The zero-order chi connectivity index (χ0) is 14.8. The number of carbonyl (C=O) groups excluding carboxylic acids is 1. The van der Waals surface area contributed by atoms with Gasteiger partial charge in [-0.3, -0.25) is 9.47 Å². The fraction of sp³-hybridized carbons (Fsp3) is 0.471. The average Bonchev–Trinajstić information content (AvgIpc) is 2.71. The lowest BCUT2D eigenvalue weighted by molar-refractivity contribution is 0.0931. The van der Waals surface area contributed by atoms with E-state index in [1.54, 1.807) is 4.68 Å². The number of amides is 1. The Balaban J connectivity index is 1.93. The molecule has 4 heteroatoms. The van der Waals surface area contributed by atoms with Gasteiger partial charge >= 0.3 is 0 Å². The van der Waals surface area contributed by atoms with E-state index in [0.29, 0.717) is 11.6 Å². The Labute approximate surface area is 125 Å². The number of carbonyl (C=O) groups is 1. The summed E-state index contributed by atoms with van der Waals surface area (Å²) in [5.41, 5.74) is 2.62. The Bertz CT molecular complexity index is 655. The molecule has 3 N–H and O–H groups in total. The van der Waals surface area contributed by atoms with Crippen molar-refractivity contribution in [2.75, 3.05) is 12.4 Å². The van der Waals surface area contributed by atoms with Crippen LogP contribution in [0.4, 0.5) is 0 Å². The number of rotatable bonds is 5. The van der Waals surface area contributed by atoms with Gasteiger partial charge in [-0.05, 0) is 36.8 Å². The SMILES string of the molecule is CCCc1c(C(=O)NCC2CCC2)n(N)c2ccccc12. The number of nitrogens with two attached hydrogens (primary N) is 1. The number of nitrogen functional groups attached to an aromatic ring is 1. The zero-order valence-corrected chi connectivity index (χ0v) is 12.6. The highest BCUT2D eigenvalue weighted by Crippen LogP contribution is 2.27. The molecule has 0 radical (unpaired) electrons. The molecule has 0 aliphatic heterocycles. The van der Waals surface area contributed by atoms with Crippen LogP contribution in [0.25, 0.3) is 10.9 Å². The number of fused-ring (bicyclic) bond motifs is 1. The van der Waals surface area contributed by atoms with E-state index in [9.17, 15) is 4.79 Å². The third kappa shape index (κ3) is 2.50. The van der Waals surface area contributed by atoms with Crippen molar-refractivity contribution in [3.05, 3.63) is 35.5 Å². The molecule has 4 nitrogen and oxygen atoms in total. The second-order valence-electron chi connectivity index (χ2n) is 5.97. The predicted octanol–water partition coefficient (Wildman–Crippen LogP) is 2.84. The Morgan fingerprint density at radius 3 is 2.81 bits per heavy atom. The van der Waals surface area contributed by atoms with E-state index >= 15 is 0 Å². The number of aryl methyl sites for hydroxylation is 1. The highest BCUT2D eigenvalue weighted by atomic mass is 16.2. The van der Waals surface area contributed by atoms with Crippen molar-refractivity contribution in [1.82, 2.24) is 9.99 Å². The summed E-state index contributed by atoms with van der Waals surface area (Å²) in [6.45, 7) is 2.89. The number of para-hydroxylation sites is 1. The van der Waals surface area contributed by atoms with Crippen molar-refractivity contribution >= 4 is 16.8 Å². The van der Waals surface area contributed by atoms with Crippen molar-refractivity contribution in [3.63, 3.8) is 0 Å². The van der Waals surface area contributed by atoms with Gasteiger partial charge in [-0.25, -0.2) is 0 Å². The predicted molar refractivity (Wildman–Crippen MR) is 85.8 cm³/mol. The van der Waals surface area contributed by atoms with Crippen LogP contribution in [0, 0.1) is 5.92 Å². The van der Waals surface area contributed by atoms with E-state index in [1.807, 2.05) is 24.3 Å². The van der Waals surface area contributed by atoms with Crippen LogP contribution in [0.1, 0.15) is 48.7 Å². The Morgan fingerprint density at radius 1 is 1.38 bits per heavy atom. The molecule has 0 atom stereocenters. The van der Waals surface area contributed by atoms with Crippen LogP contribution in [0.3, 0.4) is 0 Å². The van der Waals surface area contributed by atoms with Crippen LogP contribution in [0.5, 0.6) is 0 Å². The third-order valence-electron chi connectivity index (χ3n) is 4.51. The second kappa shape index (κ2) is 5.80. The highest BCUT2D eigenvalue weighted by Gasteiger charge is 2.23. The molecule has 0 saturated heterocycles. The lowest BCUT2D eigenvalue weighted by Crippen LogP contribution is -2.34. The number of nitrogens with one attached hydrogen (secondary N) is 1. The Kier molecular flexibility index (Phi) is 3.86. The average molecular weight is 285 g/mol. The Hall–Kier alpha value is -1.97. The Morgan fingerprint density at radius 2 is 2.14 bits per heavy atom. The van der Waals surface area contributed by atoms with Crippen LogP contribution in [0.2, 0.25) is 0 Å². The van der Waals surface area contributed by atoms with Crippen molar-refractivity contribution in [2.24, 2.45) is 5.92 Å². The van der Waals surface area contributed by atoms with Crippen molar-refractivity contribution < 1.29 is 4.79 Å². The summed E-state index contributed by atoms with van der Waals surface area (Å²) in [4.78, 5) is 12.6. The maximum Gasteiger partial charge on any atom is 0.270 e. The molecule has 0 unspecified atom stereocenters. The minimum Gasteiger partial charge on any atom is -0.350 e. The summed E-state index contributed by atoms with van der Waals surface area (Å²) in [5, 5.41) is 4.15. The molecule has 3 rings (SSSR count). The molecule has 1 aromatic carbocycles. The molecular formula is C17H23N3O. The fourth-order valence-corrected chi connectivity index (χ4v) is 3.10. The van der Waals surface area contributed by atoms with Crippen LogP contribution in [-0.4, -0.2) is 17.1 Å². The number of aromatic nitrogens is 1. The van der Waals surface area contributed by atoms with E-state index in [0.717, 1.165) is 35.9 Å². The highest BCUT2D eigenvalue weighted by molar-refractivity contribution is 6.01. The lowest BCUT2D eigenvalue weighted by Gasteiger charge is -2.25. The van der Waals surface area contributed by atoms with Gasteiger partial charge in [0.05, 0.1) is 5.52 Å². The van der Waals surface area contributed by atoms with Crippen molar-refractivity contribution in [3.8, 4) is 0 Å². The monoisotopic (exact) mass is 285 g/mol.